The first-order valence-corrected chi connectivity index (χ1v) is 9.83. The highest BCUT2D eigenvalue weighted by atomic mass is 16.5. The van der Waals surface area contributed by atoms with E-state index >= 15 is 0 Å². The number of hydrogen-bond donors (Lipinski definition) is 1. The highest BCUT2D eigenvalue weighted by molar-refractivity contribution is 5.39. The molecule has 0 heterocycles. The van der Waals surface area contributed by atoms with Crippen LogP contribution in [-0.2, 0) is 23.6 Å². The molecule has 144 valence electrons. The van der Waals surface area contributed by atoms with Crippen molar-refractivity contribution in [3.05, 3.63) is 102 Å². The first-order valence-electron chi connectivity index (χ1n) is 9.83. The summed E-state index contributed by atoms with van der Waals surface area (Å²) in [5.74, 6) is 1.13. The Labute approximate surface area is 166 Å². The van der Waals surface area contributed by atoms with Crippen LogP contribution in [0.5, 0.6) is 5.75 Å². The molecule has 0 amide bonds. The Morgan fingerprint density at radius 3 is 2.00 bits per heavy atom. The molecule has 1 aliphatic rings. The predicted molar refractivity (Wildman–Crippen MR) is 110 cm³/mol. The molecule has 0 radical (unpaired) electrons. The van der Waals surface area contributed by atoms with Crippen molar-refractivity contribution >= 4 is 0 Å². The summed E-state index contributed by atoms with van der Waals surface area (Å²) in [5.41, 5.74) is 2.35. The Morgan fingerprint density at radius 1 is 0.750 bits per heavy atom. The summed E-state index contributed by atoms with van der Waals surface area (Å²) >= 11 is 0. The minimum atomic E-state index is -0.825. The molecule has 1 saturated carbocycles. The number of hydrogen-bond acceptors (Lipinski definition) is 3. The molecule has 1 fully saturated rings. The van der Waals surface area contributed by atoms with Crippen LogP contribution in [0.25, 0.3) is 0 Å². The zero-order chi connectivity index (χ0) is 19.2. The zero-order valence-corrected chi connectivity index (χ0v) is 16.0. The summed E-state index contributed by atoms with van der Waals surface area (Å²) in [4.78, 5) is 0. The second-order valence-electron chi connectivity index (χ2n) is 7.58. The van der Waals surface area contributed by atoms with E-state index in [0.29, 0.717) is 38.6 Å². The lowest BCUT2D eigenvalue weighted by molar-refractivity contribution is -0.105. The standard InChI is InChI=1S/C25H26O3/c26-25(15-22(16-25)18-27-17-20-9-3-1-4-10-20)23-13-7-8-14-24(23)28-19-21-11-5-2-6-12-21/h1-14,22,26H,15-19H2. The molecule has 0 spiro atoms. The molecule has 1 aliphatic carbocycles. The SMILES string of the molecule is OC1(c2ccccc2OCc2ccccc2)CC(COCc2ccccc2)C1. The maximum absolute atomic E-state index is 11.1. The Hall–Kier alpha value is -2.62. The van der Waals surface area contributed by atoms with Crippen molar-refractivity contribution in [3.63, 3.8) is 0 Å². The van der Waals surface area contributed by atoms with E-state index in [-0.39, 0.29) is 0 Å². The van der Waals surface area contributed by atoms with Crippen LogP contribution in [0, 0.1) is 5.92 Å². The van der Waals surface area contributed by atoms with Crippen LogP contribution in [0.1, 0.15) is 29.5 Å². The molecular formula is C25H26O3. The van der Waals surface area contributed by atoms with Crippen molar-refractivity contribution in [2.75, 3.05) is 6.61 Å². The molecule has 0 atom stereocenters. The van der Waals surface area contributed by atoms with E-state index in [4.69, 9.17) is 9.47 Å². The van der Waals surface area contributed by atoms with E-state index < -0.39 is 5.60 Å². The van der Waals surface area contributed by atoms with E-state index in [1.54, 1.807) is 0 Å². The average molecular weight is 374 g/mol. The van der Waals surface area contributed by atoms with Crippen molar-refractivity contribution in [1.29, 1.82) is 0 Å². The second kappa shape index (κ2) is 8.59. The molecule has 0 aromatic heterocycles. The predicted octanol–water partition coefficient (Wildman–Crippen LogP) is 5.08. The summed E-state index contributed by atoms with van der Waals surface area (Å²) in [6.07, 6.45) is 1.40. The lowest BCUT2D eigenvalue weighted by Gasteiger charge is -2.44. The number of para-hydroxylation sites is 1. The smallest absolute Gasteiger partial charge is 0.125 e. The number of aliphatic hydroxyl groups is 1. The van der Waals surface area contributed by atoms with Gasteiger partial charge in [0.1, 0.15) is 12.4 Å². The van der Waals surface area contributed by atoms with Crippen LogP contribution in [0.3, 0.4) is 0 Å². The van der Waals surface area contributed by atoms with Crippen molar-refractivity contribution in [2.24, 2.45) is 5.92 Å². The van der Waals surface area contributed by atoms with Gasteiger partial charge in [0.05, 0.1) is 18.8 Å². The average Bonchev–Trinajstić information content (AvgIpc) is 2.72. The van der Waals surface area contributed by atoms with Gasteiger partial charge in [-0.1, -0.05) is 78.9 Å². The van der Waals surface area contributed by atoms with Crippen molar-refractivity contribution in [1.82, 2.24) is 0 Å². The third kappa shape index (κ3) is 4.44. The van der Waals surface area contributed by atoms with Gasteiger partial charge >= 0.3 is 0 Å². The minimum absolute atomic E-state index is 0.371. The van der Waals surface area contributed by atoms with Gasteiger partial charge in [-0.25, -0.2) is 0 Å². The van der Waals surface area contributed by atoms with Crippen LogP contribution in [-0.4, -0.2) is 11.7 Å². The van der Waals surface area contributed by atoms with Crippen LogP contribution >= 0.6 is 0 Å². The fourth-order valence-corrected chi connectivity index (χ4v) is 3.86. The summed E-state index contributed by atoms with van der Waals surface area (Å²) in [6, 6.07) is 28.1. The lowest BCUT2D eigenvalue weighted by Crippen LogP contribution is -2.43. The molecule has 1 N–H and O–H groups in total. The van der Waals surface area contributed by atoms with E-state index in [1.165, 1.54) is 5.56 Å². The molecule has 0 saturated heterocycles. The topological polar surface area (TPSA) is 38.7 Å². The van der Waals surface area contributed by atoms with Crippen molar-refractivity contribution in [3.8, 4) is 5.75 Å². The van der Waals surface area contributed by atoms with E-state index in [9.17, 15) is 5.11 Å². The Kier molecular flexibility index (Phi) is 5.75. The van der Waals surface area contributed by atoms with Gasteiger partial charge in [-0.2, -0.15) is 0 Å². The minimum Gasteiger partial charge on any atom is -0.489 e. The largest absolute Gasteiger partial charge is 0.489 e. The molecule has 3 nitrogen and oxygen atoms in total. The Morgan fingerprint density at radius 2 is 1.32 bits per heavy atom. The molecule has 4 rings (SSSR count). The molecular weight excluding hydrogens is 348 g/mol. The van der Waals surface area contributed by atoms with Crippen LogP contribution in [0.2, 0.25) is 0 Å². The zero-order valence-electron chi connectivity index (χ0n) is 16.0. The molecule has 3 heteroatoms. The van der Waals surface area contributed by atoms with Gasteiger partial charge in [0, 0.05) is 5.56 Å². The van der Waals surface area contributed by atoms with Crippen molar-refractivity contribution in [2.45, 2.75) is 31.7 Å². The second-order valence-corrected chi connectivity index (χ2v) is 7.58. The molecule has 3 aromatic rings. The Bertz CT molecular complexity index is 871. The summed E-state index contributed by atoms with van der Waals surface area (Å²) in [7, 11) is 0. The highest BCUT2D eigenvalue weighted by Crippen LogP contribution is 2.48. The molecule has 0 aliphatic heterocycles. The van der Waals surface area contributed by atoms with Gasteiger partial charge in [-0.15, -0.1) is 0 Å². The van der Waals surface area contributed by atoms with Crippen LogP contribution < -0.4 is 4.74 Å². The highest BCUT2D eigenvalue weighted by Gasteiger charge is 2.45. The number of benzene rings is 3. The lowest BCUT2D eigenvalue weighted by atomic mass is 9.67. The monoisotopic (exact) mass is 374 g/mol. The molecule has 0 unspecified atom stereocenters. The van der Waals surface area contributed by atoms with Gasteiger partial charge < -0.3 is 14.6 Å². The Balaban J connectivity index is 1.32. The molecule has 0 bridgehead atoms. The first-order chi connectivity index (χ1) is 13.7. The fourth-order valence-electron chi connectivity index (χ4n) is 3.86. The van der Waals surface area contributed by atoms with E-state index in [2.05, 4.69) is 12.1 Å². The van der Waals surface area contributed by atoms with Gasteiger partial charge in [-0.05, 0) is 36.0 Å². The first kappa shape index (κ1) is 18.7. The van der Waals surface area contributed by atoms with Crippen LogP contribution in [0.4, 0.5) is 0 Å². The summed E-state index contributed by atoms with van der Waals surface area (Å²) < 4.78 is 11.9. The number of rotatable bonds is 8. The van der Waals surface area contributed by atoms with E-state index in [1.807, 2.05) is 72.8 Å². The maximum Gasteiger partial charge on any atom is 0.125 e. The van der Waals surface area contributed by atoms with Gasteiger partial charge in [0.15, 0.2) is 0 Å². The normalized spacial score (nSPS) is 21.1. The van der Waals surface area contributed by atoms with Gasteiger partial charge in [-0.3, -0.25) is 0 Å². The van der Waals surface area contributed by atoms with Gasteiger partial charge in [0.25, 0.3) is 0 Å². The fraction of sp³-hybridized carbons (Fsp3) is 0.280. The molecule has 3 aromatic carbocycles. The third-order valence-electron chi connectivity index (χ3n) is 5.34. The van der Waals surface area contributed by atoms with Crippen molar-refractivity contribution < 1.29 is 14.6 Å². The quantitative estimate of drug-likeness (QED) is 0.598. The van der Waals surface area contributed by atoms with E-state index in [0.717, 1.165) is 16.9 Å². The summed E-state index contributed by atoms with van der Waals surface area (Å²) in [5, 5.41) is 11.1. The van der Waals surface area contributed by atoms with Crippen LogP contribution in [0.15, 0.2) is 84.9 Å². The third-order valence-corrected chi connectivity index (χ3v) is 5.34. The van der Waals surface area contributed by atoms with Gasteiger partial charge in [0.2, 0.25) is 0 Å². The summed E-state index contributed by atoms with van der Waals surface area (Å²) in [6.45, 7) is 1.79. The molecule has 28 heavy (non-hydrogen) atoms. The maximum atomic E-state index is 11.1. The number of ether oxygens (including phenoxy) is 2.